The summed E-state index contributed by atoms with van der Waals surface area (Å²) >= 11 is 13.4. The SMILES string of the molecule is CCOc1ccc(N2C(=S)N[C@H](c3ccccn3)[C@@H]2c2ccc(Sc3ccc(Cl)cc3)o2)cc1. The number of ether oxygens (including phenoxy) is 1. The number of nitrogens with zero attached hydrogens (tertiary/aromatic N) is 2. The molecule has 1 aliphatic rings. The number of thiocarbonyl (C=S) groups is 1. The average molecular weight is 508 g/mol. The zero-order valence-corrected chi connectivity index (χ0v) is 20.7. The van der Waals surface area contributed by atoms with Gasteiger partial charge in [0.25, 0.3) is 0 Å². The summed E-state index contributed by atoms with van der Waals surface area (Å²) in [4.78, 5) is 7.73. The Bertz CT molecular complexity index is 1260. The van der Waals surface area contributed by atoms with Crippen molar-refractivity contribution < 1.29 is 9.15 Å². The van der Waals surface area contributed by atoms with Gasteiger partial charge in [0.05, 0.1) is 18.3 Å². The first-order valence-electron chi connectivity index (χ1n) is 10.9. The molecule has 5 nitrogen and oxygen atoms in total. The Kier molecular flexibility index (Phi) is 6.76. The van der Waals surface area contributed by atoms with E-state index in [0.29, 0.717) is 16.7 Å². The van der Waals surface area contributed by atoms with Gasteiger partial charge in [0, 0.05) is 21.8 Å². The van der Waals surface area contributed by atoms with Gasteiger partial charge >= 0.3 is 0 Å². The molecule has 2 aromatic heterocycles. The van der Waals surface area contributed by atoms with Crippen LogP contribution in [-0.2, 0) is 0 Å². The number of anilines is 1. The van der Waals surface area contributed by atoms with Gasteiger partial charge < -0.3 is 19.4 Å². The first-order chi connectivity index (χ1) is 16.6. The maximum absolute atomic E-state index is 6.35. The molecule has 0 spiro atoms. The van der Waals surface area contributed by atoms with E-state index in [9.17, 15) is 0 Å². The minimum Gasteiger partial charge on any atom is -0.494 e. The third-order valence-corrected chi connectivity index (χ3v) is 6.94. The van der Waals surface area contributed by atoms with Crippen LogP contribution in [0.2, 0.25) is 5.02 Å². The van der Waals surface area contributed by atoms with Gasteiger partial charge in [-0.25, -0.2) is 0 Å². The van der Waals surface area contributed by atoms with Crippen molar-refractivity contribution in [2.24, 2.45) is 0 Å². The molecule has 0 radical (unpaired) electrons. The smallest absolute Gasteiger partial charge is 0.174 e. The number of rotatable bonds is 7. The molecule has 34 heavy (non-hydrogen) atoms. The summed E-state index contributed by atoms with van der Waals surface area (Å²) in [6, 6.07) is 25.1. The molecular weight excluding hydrogens is 486 g/mol. The Labute approximate surface area is 213 Å². The van der Waals surface area contributed by atoms with Gasteiger partial charge in [-0.15, -0.1) is 0 Å². The van der Waals surface area contributed by atoms with E-state index in [-0.39, 0.29) is 12.1 Å². The summed E-state index contributed by atoms with van der Waals surface area (Å²) in [6.45, 7) is 2.59. The van der Waals surface area contributed by atoms with Crippen molar-refractivity contribution in [1.82, 2.24) is 10.3 Å². The van der Waals surface area contributed by atoms with Crippen LogP contribution in [-0.4, -0.2) is 16.7 Å². The molecule has 0 unspecified atom stereocenters. The van der Waals surface area contributed by atoms with E-state index in [1.165, 1.54) is 0 Å². The minimum absolute atomic E-state index is 0.167. The predicted molar refractivity (Wildman–Crippen MR) is 140 cm³/mol. The van der Waals surface area contributed by atoms with E-state index in [2.05, 4.69) is 15.2 Å². The van der Waals surface area contributed by atoms with Gasteiger partial charge in [0.15, 0.2) is 10.2 Å². The Morgan fingerprint density at radius 3 is 2.56 bits per heavy atom. The summed E-state index contributed by atoms with van der Waals surface area (Å²) in [5.74, 6) is 1.62. The average Bonchev–Trinajstić information content (AvgIpc) is 3.46. The fraction of sp³-hybridized carbons (Fsp3) is 0.154. The highest BCUT2D eigenvalue weighted by atomic mass is 35.5. The van der Waals surface area contributed by atoms with E-state index >= 15 is 0 Å². The monoisotopic (exact) mass is 507 g/mol. The van der Waals surface area contributed by atoms with Gasteiger partial charge in [-0.2, -0.15) is 0 Å². The standard InChI is InChI=1S/C26H22ClN3O2S2/c1-2-31-19-10-8-18(9-11-19)30-25(24(29-26(30)33)21-5-3-4-16-28-21)22-14-15-23(32-22)34-20-12-6-17(27)7-13-20/h3-16,24-25H,2H2,1H3,(H,29,33)/t24-,25+/m1/s1. The van der Waals surface area contributed by atoms with Crippen LogP contribution in [0, 0.1) is 0 Å². The first kappa shape index (κ1) is 22.8. The van der Waals surface area contributed by atoms with Crippen molar-refractivity contribution in [3.8, 4) is 5.75 Å². The van der Waals surface area contributed by atoms with Crippen molar-refractivity contribution in [3.05, 3.63) is 102 Å². The molecule has 172 valence electrons. The number of furan rings is 1. The lowest BCUT2D eigenvalue weighted by Crippen LogP contribution is -2.29. The molecule has 1 aliphatic heterocycles. The van der Waals surface area contributed by atoms with Crippen LogP contribution in [0.15, 0.2) is 99.5 Å². The molecular formula is C26H22ClN3O2S2. The Hall–Kier alpha value is -3.00. The molecule has 3 heterocycles. The zero-order valence-electron chi connectivity index (χ0n) is 18.4. The van der Waals surface area contributed by atoms with E-state index in [1.54, 1.807) is 18.0 Å². The van der Waals surface area contributed by atoms with Crippen molar-refractivity contribution >= 4 is 46.4 Å². The molecule has 0 aliphatic carbocycles. The second kappa shape index (κ2) is 10.1. The van der Waals surface area contributed by atoms with Gasteiger partial charge in [-0.3, -0.25) is 4.98 Å². The number of aromatic nitrogens is 1. The number of halogens is 1. The summed E-state index contributed by atoms with van der Waals surface area (Å²) in [5, 5.41) is 5.57. The van der Waals surface area contributed by atoms with E-state index in [0.717, 1.165) is 32.9 Å². The van der Waals surface area contributed by atoms with Crippen LogP contribution in [0.4, 0.5) is 5.69 Å². The van der Waals surface area contributed by atoms with Crippen LogP contribution >= 0.6 is 35.6 Å². The maximum atomic E-state index is 6.35. The number of hydrogen-bond acceptors (Lipinski definition) is 5. The molecule has 0 amide bonds. The van der Waals surface area contributed by atoms with Gasteiger partial charge in [0.1, 0.15) is 17.6 Å². The van der Waals surface area contributed by atoms with Crippen molar-refractivity contribution in [2.45, 2.75) is 29.0 Å². The Morgan fingerprint density at radius 1 is 1.06 bits per heavy atom. The van der Waals surface area contributed by atoms with Gasteiger partial charge in [-0.1, -0.05) is 29.4 Å². The molecule has 1 N–H and O–H groups in total. The molecule has 1 fully saturated rings. The Morgan fingerprint density at radius 2 is 1.85 bits per heavy atom. The molecule has 2 atom stereocenters. The van der Waals surface area contributed by atoms with E-state index in [1.807, 2.05) is 85.8 Å². The van der Waals surface area contributed by atoms with Crippen LogP contribution in [0.1, 0.15) is 30.5 Å². The molecule has 1 saturated heterocycles. The maximum Gasteiger partial charge on any atom is 0.174 e. The van der Waals surface area contributed by atoms with Crippen molar-refractivity contribution in [1.29, 1.82) is 0 Å². The fourth-order valence-corrected chi connectivity index (χ4v) is 5.21. The lowest BCUT2D eigenvalue weighted by Gasteiger charge is -2.26. The largest absolute Gasteiger partial charge is 0.494 e. The normalized spacial score (nSPS) is 17.6. The van der Waals surface area contributed by atoms with Crippen LogP contribution in [0.3, 0.4) is 0 Å². The zero-order chi connectivity index (χ0) is 23.5. The van der Waals surface area contributed by atoms with E-state index < -0.39 is 0 Å². The van der Waals surface area contributed by atoms with Crippen LogP contribution < -0.4 is 15.0 Å². The topological polar surface area (TPSA) is 50.5 Å². The number of nitrogens with one attached hydrogen (secondary N) is 1. The van der Waals surface area contributed by atoms with Crippen molar-refractivity contribution in [3.63, 3.8) is 0 Å². The first-order valence-corrected chi connectivity index (χ1v) is 12.5. The van der Waals surface area contributed by atoms with E-state index in [4.69, 9.17) is 33.0 Å². The quantitative estimate of drug-likeness (QED) is 0.269. The minimum atomic E-state index is -0.208. The van der Waals surface area contributed by atoms with Crippen LogP contribution in [0.5, 0.6) is 5.75 Å². The number of hydrogen-bond donors (Lipinski definition) is 1. The van der Waals surface area contributed by atoms with Crippen LogP contribution in [0.25, 0.3) is 0 Å². The third kappa shape index (κ3) is 4.78. The highest BCUT2D eigenvalue weighted by Crippen LogP contribution is 2.43. The lowest BCUT2D eigenvalue weighted by atomic mass is 10.0. The lowest BCUT2D eigenvalue weighted by molar-refractivity contribution is 0.340. The summed E-state index contributed by atoms with van der Waals surface area (Å²) in [7, 11) is 0. The molecule has 0 saturated carbocycles. The van der Waals surface area contributed by atoms with Gasteiger partial charge in [0.2, 0.25) is 0 Å². The second-order valence-electron chi connectivity index (χ2n) is 7.64. The molecule has 0 bridgehead atoms. The molecule has 2 aromatic carbocycles. The molecule has 8 heteroatoms. The molecule has 4 aromatic rings. The predicted octanol–water partition coefficient (Wildman–Crippen LogP) is 7.06. The highest BCUT2D eigenvalue weighted by Gasteiger charge is 2.42. The summed E-state index contributed by atoms with van der Waals surface area (Å²) in [6.07, 6.45) is 1.79. The van der Waals surface area contributed by atoms with Crippen molar-refractivity contribution in [2.75, 3.05) is 11.5 Å². The highest BCUT2D eigenvalue weighted by molar-refractivity contribution is 7.99. The Balaban J connectivity index is 1.50. The third-order valence-electron chi connectivity index (χ3n) is 5.45. The fourth-order valence-electron chi connectivity index (χ4n) is 3.96. The van der Waals surface area contributed by atoms with Gasteiger partial charge in [-0.05, 0) is 91.9 Å². The number of pyridine rings is 1. The summed E-state index contributed by atoms with van der Waals surface area (Å²) < 4.78 is 12.0. The number of benzene rings is 2. The second-order valence-corrected chi connectivity index (χ2v) is 9.54. The summed E-state index contributed by atoms with van der Waals surface area (Å²) in [5.41, 5.74) is 1.85. The molecule has 5 rings (SSSR count).